The number of nitrogens with one attached hydrogen (secondary N) is 1. The van der Waals surface area contributed by atoms with Gasteiger partial charge in [-0.1, -0.05) is 19.1 Å². The summed E-state index contributed by atoms with van der Waals surface area (Å²) in [7, 11) is 0. The van der Waals surface area contributed by atoms with E-state index in [4.69, 9.17) is 9.47 Å². The molecule has 1 aromatic heterocycles. The van der Waals surface area contributed by atoms with Crippen LogP contribution < -0.4 is 19.7 Å². The molecule has 0 saturated carbocycles. The maximum absolute atomic E-state index is 13.0. The average Bonchev–Trinajstić information content (AvgIpc) is 3.33. The third kappa shape index (κ3) is 4.47. The molecule has 5 rings (SSSR count). The highest BCUT2D eigenvalue weighted by atomic mass is 16.6. The van der Waals surface area contributed by atoms with Crippen LogP contribution in [0.5, 0.6) is 11.5 Å². The van der Waals surface area contributed by atoms with Crippen molar-refractivity contribution in [1.29, 1.82) is 0 Å². The first-order valence-corrected chi connectivity index (χ1v) is 11.8. The van der Waals surface area contributed by atoms with Crippen molar-refractivity contribution < 1.29 is 14.3 Å². The molecule has 3 aliphatic rings. The van der Waals surface area contributed by atoms with Gasteiger partial charge in [0.2, 0.25) is 0 Å². The van der Waals surface area contributed by atoms with E-state index in [1.165, 1.54) is 12.8 Å². The van der Waals surface area contributed by atoms with E-state index < -0.39 is 0 Å². The molecule has 2 fully saturated rings. The van der Waals surface area contributed by atoms with Gasteiger partial charge in [0.15, 0.2) is 11.5 Å². The van der Waals surface area contributed by atoms with E-state index in [0.29, 0.717) is 19.8 Å². The number of fused-ring (bicyclic) bond motifs is 1. The lowest BCUT2D eigenvalue weighted by Gasteiger charge is -2.31. The third-order valence-electron chi connectivity index (χ3n) is 6.83. The number of carbonyl (C=O) groups excluding carboxylic acids is 1. The highest BCUT2D eigenvalue weighted by Crippen LogP contribution is 2.38. The molecule has 0 radical (unpaired) electrons. The Morgan fingerprint density at radius 2 is 1.88 bits per heavy atom. The lowest BCUT2D eigenvalue weighted by molar-refractivity contribution is 0.170. The minimum absolute atomic E-state index is 0.0310. The van der Waals surface area contributed by atoms with E-state index >= 15 is 0 Å². The molecular weight excluding hydrogens is 404 g/mol. The van der Waals surface area contributed by atoms with Crippen molar-refractivity contribution in [1.82, 2.24) is 15.2 Å². The lowest BCUT2D eigenvalue weighted by Crippen LogP contribution is -2.39. The quantitative estimate of drug-likeness (QED) is 0.780. The second kappa shape index (κ2) is 9.27. The normalized spacial score (nSPS) is 21.0. The molecule has 0 spiro atoms. The van der Waals surface area contributed by atoms with Crippen molar-refractivity contribution in [3.05, 3.63) is 47.7 Å². The van der Waals surface area contributed by atoms with Crippen molar-refractivity contribution in [3.8, 4) is 11.5 Å². The van der Waals surface area contributed by atoms with Gasteiger partial charge in [0.1, 0.15) is 19.0 Å². The number of aromatic nitrogens is 1. The second-order valence-corrected chi connectivity index (χ2v) is 9.11. The largest absolute Gasteiger partial charge is 0.486 e. The van der Waals surface area contributed by atoms with Gasteiger partial charge in [-0.3, -0.25) is 0 Å². The number of hydrogen-bond acceptors (Lipinski definition) is 5. The number of carbonyl (C=O) groups is 1. The monoisotopic (exact) mass is 436 g/mol. The Morgan fingerprint density at radius 3 is 2.66 bits per heavy atom. The summed E-state index contributed by atoms with van der Waals surface area (Å²) >= 11 is 0. The molecule has 1 N–H and O–H groups in total. The fraction of sp³-hybridized carbons (Fsp3) is 0.520. The van der Waals surface area contributed by atoms with Crippen LogP contribution in [0, 0.1) is 5.92 Å². The molecule has 170 valence electrons. The standard InChI is InChI=1S/C25H32N4O3/c1-18-8-11-28(12-9-18)24-7-4-19(16-26-24)17-27-25(30)29-10-2-3-21(29)20-5-6-22-23(15-20)32-14-13-31-22/h4-7,15-16,18,21H,2-3,8-14,17H2,1H3,(H,27,30). The number of benzene rings is 1. The maximum atomic E-state index is 13.0. The van der Waals surface area contributed by atoms with Crippen LogP contribution in [0.2, 0.25) is 0 Å². The number of pyridine rings is 1. The topological polar surface area (TPSA) is 66.9 Å². The molecule has 0 bridgehead atoms. The molecule has 7 heteroatoms. The summed E-state index contributed by atoms with van der Waals surface area (Å²) in [6.07, 6.45) is 6.28. The van der Waals surface area contributed by atoms with Crippen molar-refractivity contribution in [3.63, 3.8) is 0 Å². The van der Waals surface area contributed by atoms with E-state index in [1.807, 2.05) is 29.3 Å². The number of piperidine rings is 1. The summed E-state index contributed by atoms with van der Waals surface area (Å²) < 4.78 is 11.4. The molecule has 1 aromatic carbocycles. The molecule has 2 aromatic rings. The van der Waals surface area contributed by atoms with Gasteiger partial charge in [-0.15, -0.1) is 0 Å². The van der Waals surface area contributed by atoms with E-state index in [9.17, 15) is 4.79 Å². The molecule has 32 heavy (non-hydrogen) atoms. The van der Waals surface area contributed by atoms with Gasteiger partial charge in [0, 0.05) is 32.4 Å². The Morgan fingerprint density at radius 1 is 1.06 bits per heavy atom. The van der Waals surface area contributed by atoms with Crippen LogP contribution in [-0.2, 0) is 6.54 Å². The predicted octanol–water partition coefficient (Wildman–Crippen LogP) is 4.14. The summed E-state index contributed by atoms with van der Waals surface area (Å²) in [5, 5.41) is 3.09. The minimum Gasteiger partial charge on any atom is -0.486 e. The van der Waals surface area contributed by atoms with Gasteiger partial charge < -0.3 is 24.6 Å². The SMILES string of the molecule is CC1CCN(c2ccc(CNC(=O)N3CCCC3c3ccc4c(c3)OCCO4)cn2)CC1. The number of ether oxygens (including phenoxy) is 2. The minimum atomic E-state index is -0.0310. The smallest absolute Gasteiger partial charge is 0.318 e. The Bertz CT molecular complexity index is 941. The van der Waals surface area contributed by atoms with Gasteiger partial charge in [0.05, 0.1) is 6.04 Å². The zero-order valence-corrected chi connectivity index (χ0v) is 18.8. The highest BCUT2D eigenvalue weighted by Gasteiger charge is 2.31. The average molecular weight is 437 g/mol. The fourth-order valence-electron chi connectivity index (χ4n) is 4.85. The van der Waals surface area contributed by atoms with E-state index in [-0.39, 0.29) is 12.1 Å². The molecule has 0 aliphatic carbocycles. The lowest BCUT2D eigenvalue weighted by atomic mass is 9.99. The summed E-state index contributed by atoms with van der Waals surface area (Å²) in [5.41, 5.74) is 2.12. The van der Waals surface area contributed by atoms with Gasteiger partial charge in [-0.25, -0.2) is 9.78 Å². The molecular formula is C25H32N4O3. The van der Waals surface area contributed by atoms with Crippen LogP contribution in [0.1, 0.15) is 49.8 Å². The number of hydrogen-bond donors (Lipinski definition) is 1. The van der Waals surface area contributed by atoms with Gasteiger partial charge in [-0.2, -0.15) is 0 Å². The van der Waals surface area contributed by atoms with Crippen molar-refractivity contribution in [2.24, 2.45) is 5.92 Å². The molecule has 4 heterocycles. The zero-order valence-electron chi connectivity index (χ0n) is 18.8. The first kappa shape index (κ1) is 20.9. The van der Waals surface area contributed by atoms with Gasteiger partial charge in [-0.05, 0) is 60.9 Å². The first-order chi connectivity index (χ1) is 15.7. The molecule has 1 unspecified atom stereocenters. The van der Waals surface area contributed by atoms with Crippen molar-refractivity contribution >= 4 is 11.8 Å². The van der Waals surface area contributed by atoms with E-state index in [2.05, 4.69) is 34.3 Å². The molecule has 2 amide bonds. The van der Waals surface area contributed by atoms with E-state index in [0.717, 1.165) is 66.8 Å². The number of likely N-dealkylation sites (tertiary alicyclic amines) is 1. The van der Waals surface area contributed by atoms with Crippen LogP contribution in [0.15, 0.2) is 36.5 Å². The maximum Gasteiger partial charge on any atom is 0.318 e. The zero-order chi connectivity index (χ0) is 21.9. The summed E-state index contributed by atoms with van der Waals surface area (Å²) in [5.74, 6) is 3.39. The number of amides is 2. The molecule has 2 saturated heterocycles. The Balaban J connectivity index is 1.18. The van der Waals surface area contributed by atoms with Crippen LogP contribution in [0.25, 0.3) is 0 Å². The molecule has 7 nitrogen and oxygen atoms in total. The Hall–Kier alpha value is -2.96. The van der Waals surface area contributed by atoms with Crippen LogP contribution in [-0.4, -0.2) is 48.8 Å². The number of urea groups is 1. The van der Waals surface area contributed by atoms with E-state index in [1.54, 1.807) is 0 Å². The first-order valence-electron chi connectivity index (χ1n) is 11.8. The highest BCUT2D eigenvalue weighted by molar-refractivity contribution is 5.75. The number of nitrogens with zero attached hydrogens (tertiary/aromatic N) is 3. The van der Waals surface area contributed by atoms with Crippen LogP contribution in [0.4, 0.5) is 10.6 Å². The van der Waals surface area contributed by atoms with Crippen LogP contribution in [0.3, 0.4) is 0 Å². The second-order valence-electron chi connectivity index (χ2n) is 9.11. The number of anilines is 1. The van der Waals surface area contributed by atoms with Gasteiger partial charge in [0.25, 0.3) is 0 Å². The summed E-state index contributed by atoms with van der Waals surface area (Å²) in [6.45, 7) is 6.84. The Kier molecular flexibility index (Phi) is 6.06. The van der Waals surface area contributed by atoms with Gasteiger partial charge >= 0.3 is 6.03 Å². The van der Waals surface area contributed by atoms with Crippen molar-refractivity contribution in [2.45, 2.75) is 45.2 Å². The summed E-state index contributed by atoms with van der Waals surface area (Å²) in [6, 6.07) is 10.2. The molecule has 3 aliphatic heterocycles. The molecule has 1 atom stereocenters. The fourth-order valence-corrected chi connectivity index (χ4v) is 4.85. The summed E-state index contributed by atoms with van der Waals surface area (Å²) in [4.78, 5) is 21.9. The third-order valence-corrected chi connectivity index (χ3v) is 6.83. The van der Waals surface area contributed by atoms with Crippen LogP contribution >= 0.6 is 0 Å². The Labute approximate surface area is 189 Å². The van der Waals surface area contributed by atoms with Crippen molar-refractivity contribution in [2.75, 3.05) is 37.7 Å². The number of rotatable bonds is 4. The predicted molar refractivity (Wildman–Crippen MR) is 123 cm³/mol.